The Morgan fingerprint density at radius 2 is 2.12 bits per heavy atom. The largest absolute Gasteiger partial charge is 0.368 e. The zero-order valence-corrected chi connectivity index (χ0v) is 14.0. The number of nitrogens with one attached hydrogen (secondary N) is 1. The van der Waals surface area contributed by atoms with Crippen molar-refractivity contribution in [1.82, 2.24) is 20.1 Å². The number of rotatable bonds is 5. The summed E-state index contributed by atoms with van der Waals surface area (Å²) in [6, 6.07) is 9.12. The van der Waals surface area contributed by atoms with Crippen LogP contribution in [0.1, 0.15) is 49.1 Å². The first kappa shape index (κ1) is 16.6. The van der Waals surface area contributed by atoms with E-state index in [1.54, 1.807) is 0 Å². The molecular formula is C17H23N5O2. The number of carbonyl (C=O) groups is 1. The summed E-state index contributed by atoms with van der Waals surface area (Å²) in [4.78, 5) is 18.6. The Hall–Kier alpha value is -2.25. The third kappa shape index (κ3) is 3.47. The van der Waals surface area contributed by atoms with Crippen molar-refractivity contribution in [3.8, 4) is 0 Å². The van der Waals surface area contributed by atoms with Crippen LogP contribution in [-0.2, 0) is 9.53 Å². The Labute approximate surface area is 141 Å². The van der Waals surface area contributed by atoms with E-state index in [4.69, 9.17) is 10.5 Å². The summed E-state index contributed by atoms with van der Waals surface area (Å²) in [7, 11) is 0. The van der Waals surface area contributed by atoms with E-state index in [9.17, 15) is 4.79 Å². The molecule has 24 heavy (non-hydrogen) atoms. The quantitative estimate of drug-likeness (QED) is 0.867. The number of hydrogen-bond acceptors (Lipinski definition) is 5. The first-order valence-corrected chi connectivity index (χ1v) is 8.18. The van der Waals surface area contributed by atoms with Gasteiger partial charge in [0.2, 0.25) is 5.91 Å². The van der Waals surface area contributed by atoms with Crippen molar-refractivity contribution in [3.63, 3.8) is 0 Å². The zero-order valence-electron chi connectivity index (χ0n) is 14.0. The minimum absolute atomic E-state index is 0.246. The van der Waals surface area contributed by atoms with Crippen molar-refractivity contribution in [2.24, 2.45) is 5.73 Å². The van der Waals surface area contributed by atoms with Gasteiger partial charge in [0.05, 0.1) is 6.61 Å². The van der Waals surface area contributed by atoms with Crippen molar-refractivity contribution in [1.29, 1.82) is 0 Å². The molecule has 1 aliphatic heterocycles. The summed E-state index contributed by atoms with van der Waals surface area (Å²) in [6.07, 6.45) is -0.246. The maximum Gasteiger partial charge on any atom is 0.239 e. The Bertz CT molecular complexity index is 685. The highest BCUT2D eigenvalue weighted by molar-refractivity contribution is 5.81. The summed E-state index contributed by atoms with van der Waals surface area (Å²) in [5.74, 6) is 1.35. The lowest BCUT2D eigenvalue weighted by Crippen LogP contribution is -2.45. The average molecular weight is 329 g/mol. The van der Waals surface area contributed by atoms with Crippen LogP contribution in [0.3, 0.4) is 0 Å². The number of nitrogens with two attached hydrogens (primary N) is 1. The van der Waals surface area contributed by atoms with E-state index < -0.39 is 6.04 Å². The first-order valence-electron chi connectivity index (χ1n) is 8.18. The number of primary amides is 1. The molecule has 1 amide bonds. The van der Waals surface area contributed by atoms with E-state index in [2.05, 4.69) is 15.2 Å². The molecular weight excluding hydrogens is 306 g/mol. The minimum atomic E-state index is -0.468. The number of amides is 1. The molecule has 7 heteroatoms. The van der Waals surface area contributed by atoms with Crippen molar-refractivity contribution < 1.29 is 9.53 Å². The van der Waals surface area contributed by atoms with Gasteiger partial charge in [0.1, 0.15) is 12.1 Å². The Balaban J connectivity index is 1.79. The smallest absolute Gasteiger partial charge is 0.239 e. The molecule has 1 aromatic carbocycles. The van der Waals surface area contributed by atoms with Gasteiger partial charge in [-0.2, -0.15) is 5.10 Å². The fourth-order valence-electron chi connectivity index (χ4n) is 2.95. The van der Waals surface area contributed by atoms with Gasteiger partial charge in [0, 0.05) is 19.0 Å². The van der Waals surface area contributed by atoms with Crippen LogP contribution in [0.2, 0.25) is 0 Å². The van der Waals surface area contributed by atoms with Gasteiger partial charge in [0.25, 0.3) is 0 Å². The van der Waals surface area contributed by atoms with E-state index in [0.717, 1.165) is 11.4 Å². The minimum Gasteiger partial charge on any atom is -0.368 e. The van der Waals surface area contributed by atoms with Crippen LogP contribution >= 0.6 is 0 Å². The highest BCUT2D eigenvalue weighted by Gasteiger charge is 2.32. The number of ether oxygens (including phenoxy) is 1. The topological polar surface area (TPSA) is 97.1 Å². The molecule has 0 saturated carbocycles. The van der Waals surface area contributed by atoms with E-state index in [1.807, 2.05) is 49.1 Å². The molecule has 1 saturated heterocycles. The van der Waals surface area contributed by atoms with Crippen LogP contribution in [0.4, 0.5) is 0 Å². The number of morpholine rings is 1. The number of aromatic amines is 1. The Morgan fingerprint density at radius 1 is 1.38 bits per heavy atom. The van der Waals surface area contributed by atoms with Crippen LogP contribution in [0.25, 0.3) is 0 Å². The maximum absolute atomic E-state index is 12.0. The SMILES string of the molecule is CC(C)c1n[nH]c([C@H]2CN([C@H](C(N)=O)c3ccccc3)CCO2)n1. The molecule has 2 aromatic rings. The Kier molecular flexibility index (Phi) is 4.92. The van der Waals surface area contributed by atoms with Crippen molar-refractivity contribution in [3.05, 3.63) is 47.5 Å². The first-order chi connectivity index (χ1) is 11.6. The molecule has 0 radical (unpaired) electrons. The fraction of sp³-hybridized carbons (Fsp3) is 0.471. The molecule has 2 atom stereocenters. The number of hydrogen-bond donors (Lipinski definition) is 2. The lowest BCUT2D eigenvalue weighted by Gasteiger charge is -2.36. The number of aromatic nitrogens is 3. The molecule has 0 bridgehead atoms. The maximum atomic E-state index is 12.0. The van der Waals surface area contributed by atoms with Crippen molar-refractivity contribution in [2.75, 3.05) is 19.7 Å². The van der Waals surface area contributed by atoms with Crippen LogP contribution in [-0.4, -0.2) is 45.7 Å². The normalized spacial score (nSPS) is 20.2. The van der Waals surface area contributed by atoms with Crippen LogP contribution in [0.5, 0.6) is 0 Å². The second kappa shape index (κ2) is 7.11. The fourth-order valence-corrected chi connectivity index (χ4v) is 2.95. The van der Waals surface area contributed by atoms with Gasteiger partial charge >= 0.3 is 0 Å². The van der Waals surface area contributed by atoms with Gasteiger partial charge in [0.15, 0.2) is 11.6 Å². The highest BCUT2D eigenvalue weighted by atomic mass is 16.5. The van der Waals surface area contributed by atoms with Crippen molar-refractivity contribution in [2.45, 2.75) is 31.9 Å². The molecule has 3 N–H and O–H groups in total. The second-order valence-corrected chi connectivity index (χ2v) is 6.30. The summed E-state index contributed by atoms with van der Waals surface area (Å²) >= 11 is 0. The molecule has 3 rings (SSSR count). The van der Waals surface area contributed by atoms with Gasteiger partial charge in [-0.15, -0.1) is 0 Å². The third-order valence-electron chi connectivity index (χ3n) is 4.19. The standard InChI is InChI=1S/C17H23N5O2/c1-11(2)16-19-17(21-20-16)13-10-22(8-9-24-13)14(15(18)23)12-6-4-3-5-7-12/h3-7,11,13-14H,8-10H2,1-2H3,(H2,18,23)(H,19,20,21)/t13-,14+/m1/s1. The molecule has 7 nitrogen and oxygen atoms in total. The average Bonchev–Trinajstić information content (AvgIpc) is 3.06. The molecule has 1 fully saturated rings. The summed E-state index contributed by atoms with van der Waals surface area (Å²) in [5.41, 5.74) is 6.56. The van der Waals surface area contributed by atoms with E-state index in [1.165, 1.54) is 0 Å². The predicted molar refractivity (Wildman–Crippen MR) is 89.1 cm³/mol. The van der Waals surface area contributed by atoms with Crippen LogP contribution in [0, 0.1) is 0 Å². The number of carbonyl (C=O) groups excluding carboxylic acids is 1. The lowest BCUT2D eigenvalue weighted by atomic mass is 10.0. The lowest BCUT2D eigenvalue weighted by molar-refractivity contribution is -0.127. The summed E-state index contributed by atoms with van der Waals surface area (Å²) in [6.45, 7) is 5.78. The van der Waals surface area contributed by atoms with E-state index in [-0.39, 0.29) is 17.9 Å². The number of nitrogens with zero attached hydrogens (tertiary/aromatic N) is 3. The van der Waals surface area contributed by atoms with Crippen LogP contribution < -0.4 is 5.73 Å². The monoisotopic (exact) mass is 329 g/mol. The Morgan fingerprint density at radius 3 is 2.75 bits per heavy atom. The van der Waals surface area contributed by atoms with Crippen LogP contribution in [0.15, 0.2) is 30.3 Å². The third-order valence-corrected chi connectivity index (χ3v) is 4.19. The number of benzene rings is 1. The second-order valence-electron chi connectivity index (χ2n) is 6.30. The number of H-pyrrole nitrogens is 1. The summed E-state index contributed by atoms with van der Waals surface area (Å²) in [5, 5.41) is 7.18. The predicted octanol–water partition coefficient (Wildman–Crippen LogP) is 1.53. The summed E-state index contributed by atoms with van der Waals surface area (Å²) < 4.78 is 5.83. The zero-order chi connectivity index (χ0) is 17.1. The highest BCUT2D eigenvalue weighted by Crippen LogP contribution is 2.27. The molecule has 1 aliphatic rings. The van der Waals surface area contributed by atoms with E-state index >= 15 is 0 Å². The van der Waals surface area contributed by atoms with Gasteiger partial charge in [-0.05, 0) is 5.56 Å². The van der Waals surface area contributed by atoms with E-state index in [0.29, 0.717) is 25.5 Å². The van der Waals surface area contributed by atoms with Gasteiger partial charge in [-0.3, -0.25) is 14.8 Å². The van der Waals surface area contributed by atoms with Crippen molar-refractivity contribution >= 4 is 5.91 Å². The molecule has 0 spiro atoms. The van der Waals surface area contributed by atoms with Gasteiger partial charge in [-0.1, -0.05) is 44.2 Å². The van der Waals surface area contributed by atoms with Gasteiger partial charge in [-0.25, -0.2) is 4.98 Å². The molecule has 0 unspecified atom stereocenters. The molecule has 0 aliphatic carbocycles. The molecule has 1 aromatic heterocycles. The molecule has 2 heterocycles. The van der Waals surface area contributed by atoms with Gasteiger partial charge < -0.3 is 10.5 Å². The molecule has 128 valence electrons.